The number of ether oxygens (including phenoxy) is 2. The van der Waals surface area contributed by atoms with E-state index in [4.69, 9.17) is 4.74 Å². The molecule has 116 valence electrons. The van der Waals surface area contributed by atoms with E-state index in [2.05, 4.69) is 11.7 Å². The van der Waals surface area contributed by atoms with Crippen molar-refractivity contribution in [1.82, 2.24) is 0 Å². The van der Waals surface area contributed by atoms with Crippen molar-refractivity contribution in [2.24, 2.45) is 0 Å². The van der Waals surface area contributed by atoms with E-state index in [0.29, 0.717) is 16.9 Å². The van der Waals surface area contributed by atoms with Gasteiger partial charge < -0.3 is 9.47 Å². The summed E-state index contributed by atoms with van der Waals surface area (Å²) in [5.41, 5.74) is 2.84. The highest BCUT2D eigenvalue weighted by atomic mass is 16.5. The third kappa shape index (κ3) is 2.88. The number of hydrogen-bond acceptors (Lipinski definition) is 4. The lowest BCUT2D eigenvalue weighted by Crippen LogP contribution is -2.02. The average Bonchev–Trinajstić information content (AvgIpc) is 2.90. The van der Waals surface area contributed by atoms with Crippen LogP contribution in [0.5, 0.6) is 5.75 Å². The number of hydrogen-bond donors (Lipinski definition) is 0. The molecule has 4 nitrogen and oxygen atoms in total. The Hall–Kier alpha value is -2.88. The standard InChI is InChI=1S/C19H16O4/c1-3-12-4-6-13(7-5-12)10-17-18(20)15-11-14(19(21)22-2)8-9-16(15)23-17/h4-11H,3H2,1-2H3/b17-10+. The van der Waals surface area contributed by atoms with Gasteiger partial charge in [-0.1, -0.05) is 31.2 Å². The van der Waals surface area contributed by atoms with Crippen molar-refractivity contribution in [3.05, 3.63) is 70.5 Å². The molecule has 1 aliphatic rings. The minimum atomic E-state index is -0.479. The van der Waals surface area contributed by atoms with Gasteiger partial charge in [-0.2, -0.15) is 0 Å². The van der Waals surface area contributed by atoms with Crippen LogP contribution < -0.4 is 4.74 Å². The van der Waals surface area contributed by atoms with E-state index < -0.39 is 5.97 Å². The molecule has 0 saturated carbocycles. The fourth-order valence-corrected chi connectivity index (χ4v) is 2.43. The van der Waals surface area contributed by atoms with Gasteiger partial charge in [0, 0.05) is 0 Å². The number of aryl methyl sites for hydroxylation is 1. The first-order valence-corrected chi connectivity index (χ1v) is 7.38. The summed E-state index contributed by atoms with van der Waals surface area (Å²) in [4.78, 5) is 24.0. The third-order valence-corrected chi connectivity index (χ3v) is 3.77. The number of carbonyl (C=O) groups excluding carboxylic acids is 2. The zero-order chi connectivity index (χ0) is 16.4. The highest BCUT2D eigenvalue weighted by Gasteiger charge is 2.28. The lowest BCUT2D eigenvalue weighted by molar-refractivity contribution is 0.0600. The van der Waals surface area contributed by atoms with E-state index in [1.165, 1.54) is 18.7 Å². The van der Waals surface area contributed by atoms with Crippen molar-refractivity contribution >= 4 is 17.8 Å². The molecule has 0 saturated heterocycles. The number of Topliss-reactive ketones (excluding diaryl/α,β-unsaturated/α-hetero) is 1. The van der Waals surface area contributed by atoms with Gasteiger partial charge in [-0.3, -0.25) is 4.79 Å². The Morgan fingerprint density at radius 3 is 2.57 bits per heavy atom. The van der Waals surface area contributed by atoms with Gasteiger partial charge in [0.2, 0.25) is 5.78 Å². The SMILES string of the molecule is CCc1ccc(/C=C2/Oc3ccc(C(=O)OC)cc3C2=O)cc1. The second-order valence-electron chi connectivity index (χ2n) is 5.24. The molecule has 0 N–H and O–H groups in total. The number of benzene rings is 2. The number of methoxy groups -OCH3 is 1. The molecule has 1 aliphatic heterocycles. The molecule has 0 amide bonds. The second-order valence-corrected chi connectivity index (χ2v) is 5.24. The summed E-state index contributed by atoms with van der Waals surface area (Å²) in [6.45, 7) is 2.09. The van der Waals surface area contributed by atoms with Crippen molar-refractivity contribution in [2.45, 2.75) is 13.3 Å². The maximum atomic E-state index is 12.4. The summed E-state index contributed by atoms with van der Waals surface area (Å²) < 4.78 is 10.3. The van der Waals surface area contributed by atoms with Crippen LogP contribution in [0, 0.1) is 0 Å². The van der Waals surface area contributed by atoms with Crippen LogP contribution in [0.1, 0.15) is 38.8 Å². The Morgan fingerprint density at radius 1 is 1.17 bits per heavy atom. The van der Waals surface area contributed by atoms with Crippen molar-refractivity contribution in [2.75, 3.05) is 7.11 Å². The van der Waals surface area contributed by atoms with Crippen LogP contribution in [0.2, 0.25) is 0 Å². The van der Waals surface area contributed by atoms with Crippen molar-refractivity contribution < 1.29 is 19.1 Å². The molecule has 0 radical (unpaired) electrons. The fourth-order valence-electron chi connectivity index (χ4n) is 2.43. The molecular formula is C19H16O4. The van der Waals surface area contributed by atoms with Crippen LogP contribution >= 0.6 is 0 Å². The van der Waals surface area contributed by atoms with Crippen LogP contribution in [0.25, 0.3) is 6.08 Å². The summed E-state index contributed by atoms with van der Waals surface area (Å²) in [5.74, 6) is 0.00357. The predicted molar refractivity (Wildman–Crippen MR) is 86.5 cm³/mol. The van der Waals surface area contributed by atoms with Crippen LogP contribution in [0.15, 0.2) is 48.2 Å². The fraction of sp³-hybridized carbons (Fsp3) is 0.158. The van der Waals surface area contributed by atoms with E-state index in [0.717, 1.165) is 12.0 Å². The molecule has 2 aromatic rings. The molecular weight excluding hydrogens is 292 g/mol. The van der Waals surface area contributed by atoms with Gasteiger partial charge in [0.05, 0.1) is 18.2 Å². The normalized spacial score (nSPS) is 14.5. The van der Waals surface area contributed by atoms with Crippen LogP contribution in [-0.4, -0.2) is 18.9 Å². The zero-order valence-electron chi connectivity index (χ0n) is 13.0. The summed E-state index contributed by atoms with van der Waals surface area (Å²) >= 11 is 0. The van der Waals surface area contributed by atoms with Crippen molar-refractivity contribution in [3.8, 4) is 5.75 Å². The Kier molecular flexibility index (Phi) is 3.98. The number of allylic oxidation sites excluding steroid dienone is 1. The quantitative estimate of drug-likeness (QED) is 0.641. The van der Waals surface area contributed by atoms with Gasteiger partial charge in [-0.25, -0.2) is 4.79 Å². The summed E-state index contributed by atoms with van der Waals surface area (Å²) in [6.07, 6.45) is 2.67. The second kappa shape index (κ2) is 6.08. The summed E-state index contributed by atoms with van der Waals surface area (Å²) in [7, 11) is 1.30. The van der Waals surface area contributed by atoms with Crippen LogP contribution in [0.4, 0.5) is 0 Å². The number of rotatable bonds is 3. The predicted octanol–water partition coefficient (Wildman–Crippen LogP) is 3.65. The molecule has 23 heavy (non-hydrogen) atoms. The Balaban J connectivity index is 1.90. The highest BCUT2D eigenvalue weighted by Crippen LogP contribution is 2.32. The maximum absolute atomic E-state index is 12.4. The molecule has 0 fully saturated rings. The van der Waals surface area contributed by atoms with Crippen LogP contribution in [0.3, 0.4) is 0 Å². The first-order valence-electron chi connectivity index (χ1n) is 7.38. The topological polar surface area (TPSA) is 52.6 Å². The molecule has 3 rings (SSSR count). The van der Waals surface area contributed by atoms with Gasteiger partial charge >= 0.3 is 5.97 Å². The Morgan fingerprint density at radius 2 is 1.91 bits per heavy atom. The first kappa shape index (κ1) is 15.0. The van der Waals surface area contributed by atoms with Crippen molar-refractivity contribution in [3.63, 3.8) is 0 Å². The highest BCUT2D eigenvalue weighted by molar-refractivity contribution is 6.15. The Bertz CT molecular complexity index is 801. The number of fused-ring (bicyclic) bond motifs is 1. The molecule has 0 bridgehead atoms. The maximum Gasteiger partial charge on any atom is 0.337 e. The van der Waals surface area contributed by atoms with Gasteiger partial charge in [0.25, 0.3) is 0 Å². The first-order chi connectivity index (χ1) is 11.1. The zero-order valence-corrected chi connectivity index (χ0v) is 13.0. The number of ketones is 1. The molecule has 2 aromatic carbocycles. The molecule has 0 unspecified atom stereocenters. The number of carbonyl (C=O) groups is 2. The van der Waals surface area contributed by atoms with Gasteiger partial charge in [0.1, 0.15) is 5.75 Å². The molecule has 0 atom stereocenters. The average molecular weight is 308 g/mol. The summed E-state index contributed by atoms with van der Waals surface area (Å²) in [6, 6.07) is 12.6. The minimum absolute atomic E-state index is 0.231. The molecule has 0 aromatic heterocycles. The van der Waals surface area contributed by atoms with E-state index in [9.17, 15) is 9.59 Å². The monoisotopic (exact) mass is 308 g/mol. The third-order valence-electron chi connectivity index (χ3n) is 3.77. The molecule has 0 aliphatic carbocycles. The minimum Gasteiger partial charge on any atom is -0.465 e. The molecule has 4 heteroatoms. The van der Waals surface area contributed by atoms with Crippen molar-refractivity contribution in [1.29, 1.82) is 0 Å². The summed E-state index contributed by atoms with van der Waals surface area (Å²) in [5, 5.41) is 0. The van der Waals surface area contributed by atoms with E-state index >= 15 is 0 Å². The van der Waals surface area contributed by atoms with E-state index in [1.807, 2.05) is 24.3 Å². The van der Waals surface area contributed by atoms with E-state index in [1.54, 1.807) is 18.2 Å². The molecule has 0 spiro atoms. The van der Waals surface area contributed by atoms with Gasteiger partial charge in [0.15, 0.2) is 5.76 Å². The smallest absolute Gasteiger partial charge is 0.337 e. The van der Waals surface area contributed by atoms with Gasteiger partial charge in [-0.05, 0) is 41.8 Å². The van der Waals surface area contributed by atoms with Gasteiger partial charge in [-0.15, -0.1) is 0 Å². The largest absolute Gasteiger partial charge is 0.465 e. The Labute approximate surface area is 134 Å². The molecule has 1 heterocycles. The number of esters is 1. The lowest BCUT2D eigenvalue weighted by atomic mass is 10.1. The van der Waals surface area contributed by atoms with Crippen LogP contribution in [-0.2, 0) is 11.2 Å². The van der Waals surface area contributed by atoms with E-state index in [-0.39, 0.29) is 11.5 Å². The lowest BCUT2D eigenvalue weighted by Gasteiger charge is -2.01.